The van der Waals surface area contributed by atoms with Crippen molar-refractivity contribution >= 4 is 17.7 Å². The van der Waals surface area contributed by atoms with Crippen LogP contribution in [0.5, 0.6) is 5.75 Å². The molecule has 1 atom stereocenters. The SMILES string of the molecule is COc1ccc(C2CC(=O)Nc3nc(N)[nH]c(=O)c32)cc1. The molecule has 1 aliphatic heterocycles. The van der Waals surface area contributed by atoms with E-state index in [1.165, 1.54) is 0 Å². The first-order valence-electron chi connectivity index (χ1n) is 6.42. The van der Waals surface area contributed by atoms with Crippen LogP contribution in [0.4, 0.5) is 11.8 Å². The second kappa shape index (κ2) is 4.93. The Balaban J connectivity index is 2.12. The number of amides is 1. The van der Waals surface area contributed by atoms with Gasteiger partial charge in [-0.15, -0.1) is 0 Å². The van der Waals surface area contributed by atoms with E-state index in [0.717, 1.165) is 5.56 Å². The Morgan fingerprint density at radius 2 is 2.00 bits per heavy atom. The van der Waals surface area contributed by atoms with Gasteiger partial charge < -0.3 is 15.8 Å². The number of ether oxygens (including phenoxy) is 1. The summed E-state index contributed by atoms with van der Waals surface area (Å²) in [6, 6.07) is 7.25. The lowest BCUT2D eigenvalue weighted by Gasteiger charge is -2.24. The number of nitrogens with one attached hydrogen (secondary N) is 2. The molecule has 0 saturated heterocycles. The highest BCUT2D eigenvalue weighted by molar-refractivity contribution is 5.94. The summed E-state index contributed by atoms with van der Waals surface area (Å²) in [7, 11) is 1.58. The maximum atomic E-state index is 12.1. The van der Waals surface area contributed by atoms with Gasteiger partial charge in [-0.25, -0.2) is 0 Å². The molecule has 1 aliphatic rings. The second-order valence-electron chi connectivity index (χ2n) is 4.79. The number of H-pyrrole nitrogens is 1. The van der Waals surface area contributed by atoms with Crippen molar-refractivity contribution in [3.63, 3.8) is 0 Å². The van der Waals surface area contributed by atoms with Gasteiger partial charge in [0.2, 0.25) is 11.9 Å². The number of carbonyl (C=O) groups is 1. The Hall–Kier alpha value is -2.83. The van der Waals surface area contributed by atoms with Gasteiger partial charge >= 0.3 is 0 Å². The highest BCUT2D eigenvalue weighted by Crippen LogP contribution is 2.34. The van der Waals surface area contributed by atoms with Crippen LogP contribution in [-0.4, -0.2) is 23.0 Å². The number of nitrogen functional groups attached to an aromatic ring is 1. The summed E-state index contributed by atoms with van der Waals surface area (Å²) in [6.45, 7) is 0. The van der Waals surface area contributed by atoms with Crippen molar-refractivity contribution in [1.29, 1.82) is 0 Å². The van der Waals surface area contributed by atoms with E-state index < -0.39 is 0 Å². The molecule has 0 spiro atoms. The third-order valence-electron chi connectivity index (χ3n) is 3.49. The first kappa shape index (κ1) is 13.2. The van der Waals surface area contributed by atoms with E-state index in [9.17, 15) is 9.59 Å². The molecule has 21 heavy (non-hydrogen) atoms. The molecule has 7 nitrogen and oxygen atoms in total. The molecule has 1 amide bonds. The molecule has 7 heteroatoms. The second-order valence-corrected chi connectivity index (χ2v) is 4.79. The molecule has 3 rings (SSSR count). The molecule has 2 aromatic rings. The third kappa shape index (κ3) is 2.33. The van der Waals surface area contributed by atoms with Crippen LogP contribution in [0.15, 0.2) is 29.1 Å². The van der Waals surface area contributed by atoms with Gasteiger partial charge in [-0.2, -0.15) is 4.98 Å². The molecule has 1 aromatic carbocycles. The average Bonchev–Trinajstić information content (AvgIpc) is 2.45. The number of benzene rings is 1. The van der Waals surface area contributed by atoms with E-state index in [1.54, 1.807) is 19.2 Å². The summed E-state index contributed by atoms with van der Waals surface area (Å²) in [5, 5.41) is 2.59. The topological polar surface area (TPSA) is 110 Å². The first-order valence-corrected chi connectivity index (χ1v) is 6.42. The van der Waals surface area contributed by atoms with Gasteiger partial charge in [-0.3, -0.25) is 14.6 Å². The van der Waals surface area contributed by atoms with Gasteiger partial charge in [0.15, 0.2) is 0 Å². The van der Waals surface area contributed by atoms with Gasteiger partial charge in [-0.1, -0.05) is 12.1 Å². The highest BCUT2D eigenvalue weighted by Gasteiger charge is 2.30. The standard InChI is InChI=1S/C14H14N4O3/c1-21-8-4-2-7(3-5-8)9-6-10(19)16-12-11(9)13(20)18-14(15)17-12/h2-5,9H,6H2,1H3,(H4,15,16,17,18,19,20). The average molecular weight is 286 g/mol. The molecule has 2 heterocycles. The number of nitrogens with two attached hydrogens (primary N) is 1. The molecule has 1 aromatic heterocycles. The molecule has 0 aliphatic carbocycles. The predicted octanol–water partition coefficient (Wildman–Crippen LogP) is 0.835. The molecule has 0 bridgehead atoms. The summed E-state index contributed by atoms with van der Waals surface area (Å²) >= 11 is 0. The number of nitrogens with zero attached hydrogens (tertiary/aromatic N) is 1. The fourth-order valence-corrected chi connectivity index (χ4v) is 2.51. The minimum Gasteiger partial charge on any atom is -0.497 e. The third-order valence-corrected chi connectivity index (χ3v) is 3.49. The van der Waals surface area contributed by atoms with Crippen molar-refractivity contribution < 1.29 is 9.53 Å². The quantitative estimate of drug-likeness (QED) is 0.757. The van der Waals surface area contributed by atoms with Crippen LogP contribution in [0.1, 0.15) is 23.5 Å². The molecule has 108 valence electrons. The number of fused-ring (bicyclic) bond motifs is 1. The smallest absolute Gasteiger partial charge is 0.258 e. The minimum absolute atomic E-state index is 0.0190. The zero-order valence-electron chi connectivity index (χ0n) is 11.3. The van der Waals surface area contributed by atoms with E-state index in [2.05, 4.69) is 15.3 Å². The summed E-state index contributed by atoms with van der Waals surface area (Å²) in [6.07, 6.45) is 0.188. The van der Waals surface area contributed by atoms with Crippen LogP contribution in [-0.2, 0) is 4.79 Å². The number of hydrogen-bond acceptors (Lipinski definition) is 5. The van der Waals surface area contributed by atoms with E-state index in [4.69, 9.17) is 10.5 Å². The van der Waals surface area contributed by atoms with Crippen LogP contribution in [0, 0.1) is 0 Å². The fraction of sp³-hybridized carbons (Fsp3) is 0.214. The van der Waals surface area contributed by atoms with Crippen LogP contribution in [0.3, 0.4) is 0 Å². The largest absolute Gasteiger partial charge is 0.497 e. The zero-order chi connectivity index (χ0) is 15.0. The van der Waals surface area contributed by atoms with Gasteiger partial charge in [0.1, 0.15) is 11.6 Å². The predicted molar refractivity (Wildman–Crippen MR) is 77.4 cm³/mol. The maximum Gasteiger partial charge on any atom is 0.258 e. The lowest BCUT2D eigenvalue weighted by Crippen LogP contribution is -2.31. The van der Waals surface area contributed by atoms with Crippen LogP contribution in [0.25, 0.3) is 0 Å². The molecule has 1 unspecified atom stereocenters. The number of hydrogen-bond donors (Lipinski definition) is 3. The van der Waals surface area contributed by atoms with E-state index in [0.29, 0.717) is 11.3 Å². The fourth-order valence-electron chi connectivity index (χ4n) is 2.51. The van der Waals surface area contributed by atoms with Gasteiger partial charge in [-0.05, 0) is 17.7 Å². The molecule has 0 saturated carbocycles. The molecular formula is C14H14N4O3. The number of methoxy groups -OCH3 is 1. The van der Waals surface area contributed by atoms with Crippen molar-refractivity contribution in [3.8, 4) is 5.75 Å². The van der Waals surface area contributed by atoms with Crippen molar-refractivity contribution in [2.24, 2.45) is 0 Å². The monoisotopic (exact) mass is 286 g/mol. The van der Waals surface area contributed by atoms with Crippen molar-refractivity contribution in [1.82, 2.24) is 9.97 Å². The Morgan fingerprint density at radius 1 is 1.29 bits per heavy atom. The van der Waals surface area contributed by atoms with Gasteiger partial charge in [0.05, 0.1) is 12.7 Å². The van der Waals surface area contributed by atoms with Crippen LogP contribution in [0.2, 0.25) is 0 Å². The molecule has 0 radical (unpaired) electrons. The zero-order valence-corrected chi connectivity index (χ0v) is 11.3. The van der Waals surface area contributed by atoms with Crippen molar-refractivity contribution in [2.45, 2.75) is 12.3 Å². The van der Waals surface area contributed by atoms with Crippen LogP contribution < -0.4 is 21.3 Å². The van der Waals surface area contributed by atoms with E-state index >= 15 is 0 Å². The summed E-state index contributed by atoms with van der Waals surface area (Å²) in [5.74, 6) is 0.378. The van der Waals surface area contributed by atoms with Crippen LogP contribution >= 0.6 is 0 Å². The Bertz CT molecular complexity index is 752. The normalized spacial score (nSPS) is 17.0. The highest BCUT2D eigenvalue weighted by atomic mass is 16.5. The number of anilines is 2. The van der Waals surface area contributed by atoms with Gasteiger partial charge in [0, 0.05) is 12.3 Å². The Kier molecular flexibility index (Phi) is 3.09. The lowest BCUT2D eigenvalue weighted by atomic mass is 9.87. The molecule has 4 N–H and O–H groups in total. The summed E-state index contributed by atoms with van der Waals surface area (Å²) in [4.78, 5) is 30.4. The number of aromatic nitrogens is 2. The lowest BCUT2D eigenvalue weighted by molar-refractivity contribution is -0.116. The molecule has 0 fully saturated rings. The maximum absolute atomic E-state index is 12.1. The number of carbonyl (C=O) groups excluding carboxylic acids is 1. The first-order chi connectivity index (χ1) is 10.1. The van der Waals surface area contributed by atoms with E-state index in [-0.39, 0.29) is 35.6 Å². The number of aromatic amines is 1. The molecular weight excluding hydrogens is 272 g/mol. The minimum atomic E-state index is -0.350. The van der Waals surface area contributed by atoms with Crippen molar-refractivity contribution in [3.05, 3.63) is 45.7 Å². The summed E-state index contributed by atoms with van der Waals surface area (Å²) < 4.78 is 5.11. The summed E-state index contributed by atoms with van der Waals surface area (Å²) in [5.41, 5.74) is 6.46. The van der Waals surface area contributed by atoms with Gasteiger partial charge in [0.25, 0.3) is 5.56 Å². The number of rotatable bonds is 2. The van der Waals surface area contributed by atoms with E-state index in [1.807, 2.05) is 12.1 Å². The Morgan fingerprint density at radius 3 is 2.67 bits per heavy atom. The van der Waals surface area contributed by atoms with Crippen molar-refractivity contribution in [2.75, 3.05) is 18.2 Å². The Labute approximate surface area is 120 Å².